The summed E-state index contributed by atoms with van der Waals surface area (Å²) in [5.41, 5.74) is 4.51. The Morgan fingerprint density at radius 2 is 1.07 bits per heavy atom. The monoisotopic (exact) mass is 388 g/mol. The standard InChI is InChI=1S/C27H20N2O/c30-27(23-16-8-3-9-17-23)25-19-11-10-18-24(25)26(22-14-6-2-7-15-22)29-28-20-21-12-4-1-5-13-21/h1-20H/b28-20+,29-26+. The van der Waals surface area contributed by atoms with Gasteiger partial charge in [-0.2, -0.15) is 5.10 Å². The highest BCUT2D eigenvalue weighted by molar-refractivity contribution is 6.21. The molecule has 0 atom stereocenters. The van der Waals surface area contributed by atoms with Gasteiger partial charge in [-0.25, -0.2) is 0 Å². The van der Waals surface area contributed by atoms with E-state index in [2.05, 4.69) is 10.2 Å². The molecule has 0 bridgehead atoms. The van der Waals surface area contributed by atoms with Gasteiger partial charge in [0.15, 0.2) is 5.78 Å². The van der Waals surface area contributed by atoms with Crippen LogP contribution in [0.2, 0.25) is 0 Å². The Labute approximate surface area is 176 Å². The van der Waals surface area contributed by atoms with Crippen LogP contribution in [-0.2, 0) is 0 Å². The third-order valence-electron chi connectivity index (χ3n) is 4.67. The van der Waals surface area contributed by atoms with E-state index in [1.165, 1.54) is 0 Å². The van der Waals surface area contributed by atoms with Gasteiger partial charge < -0.3 is 0 Å². The van der Waals surface area contributed by atoms with Gasteiger partial charge in [0.1, 0.15) is 5.71 Å². The summed E-state index contributed by atoms with van der Waals surface area (Å²) in [5.74, 6) is -0.0399. The molecular formula is C27H20N2O. The smallest absolute Gasteiger partial charge is 0.193 e. The van der Waals surface area contributed by atoms with E-state index in [1.807, 2.05) is 115 Å². The summed E-state index contributed by atoms with van der Waals surface area (Å²) >= 11 is 0. The zero-order chi connectivity index (χ0) is 20.6. The molecule has 4 rings (SSSR count). The highest BCUT2D eigenvalue weighted by Crippen LogP contribution is 2.19. The number of hydrogen-bond donors (Lipinski definition) is 0. The summed E-state index contributed by atoms with van der Waals surface area (Å²) in [4.78, 5) is 13.2. The second-order valence-electron chi connectivity index (χ2n) is 6.71. The van der Waals surface area contributed by atoms with Gasteiger partial charge in [0, 0.05) is 22.3 Å². The first-order valence-corrected chi connectivity index (χ1v) is 9.73. The third kappa shape index (κ3) is 4.47. The highest BCUT2D eigenvalue weighted by atomic mass is 16.1. The maximum atomic E-state index is 13.2. The number of benzene rings is 4. The van der Waals surface area contributed by atoms with E-state index < -0.39 is 0 Å². The van der Waals surface area contributed by atoms with Crippen LogP contribution < -0.4 is 0 Å². The average Bonchev–Trinajstić information content (AvgIpc) is 2.83. The summed E-state index contributed by atoms with van der Waals surface area (Å²) in [5, 5.41) is 8.85. The van der Waals surface area contributed by atoms with Crippen molar-refractivity contribution in [3.63, 3.8) is 0 Å². The van der Waals surface area contributed by atoms with Gasteiger partial charge in [-0.3, -0.25) is 4.79 Å². The van der Waals surface area contributed by atoms with Crippen molar-refractivity contribution in [2.75, 3.05) is 0 Å². The fraction of sp³-hybridized carbons (Fsp3) is 0. The van der Waals surface area contributed by atoms with E-state index in [4.69, 9.17) is 0 Å². The Morgan fingerprint density at radius 1 is 0.567 bits per heavy atom. The lowest BCUT2D eigenvalue weighted by Gasteiger charge is -2.11. The molecule has 3 heteroatoms. The Balaban J connectivity index is 1.80. The van der Waals surface area contributed by atoms with Gasteiger partial charge in [-0.05, 0) is 5.56 Å². The molecule has 0 spiro atoms. The van der Waals surface area contributed by atoms with E-state index in [-0.39, 0.29) is 5.78 Å². The molecule has 4 aromatic rings. The van der Waals surface area contributed by atoms with Crippen molar-refractivity contribution >= 4 is 17.7 Å². The van der Waals surface area contributed by atoms with Crippen LogP contribution in [-0.4, -0.2) is 17.7 Å². The maximum Gasteiger partial charge on any atom is 0.193 e. The number of carbonyl (C=O) groups is 1. The number of rotatable bonds is 6. The molecule has 0 fully saturated rings. The molecule has 0 aliphatic rings. The normalized spacial score (nSPS) is 11.5. The van der Waals surface area contributed by atoms with Crippen molar-refractivity contribution in [2.24, 2.45) is 10.2 Å². The second-order valence-corrected chi connectivity index (χ2v) is 6.71. The largest absolute Gasteiger partial charge is 0.289 e. The van der Waals surface area contributed by atoms with Crippen molar-refractivity contribution in [1.82, 2.24) is 0 Å². The lowest BCUT2D eigenvalue weighted by atomic mass is 9.93. The molecular weight excluding hydrogens is 368 g/mol. The SMILES string of the molecule is O=C(c1ccccc1)c1ccccc1/C(=N/N=C/c1ccccc1)c1ccccc1. The number of ketones is 1. The zero-order valence-corrected chi connectivity index (χ0v) is 16.3. The fourth-order valence-corrected chi connectivity index (χ4v) is 3.19. The van der Waals surface area contributed by atoms with Crippen molar-refractivity contribution in [3.8, 4) is 0 Å². The van der Waals surface area contributed by atoms with E-state index in [0.29, 0.717) is 16.8 Å². The molecule has 3 nitrogen and oxygen atoms in total. The van der Waals surface area contributed by atoms with Crippen molar-refractivity contribution in [2.45, 2.75) is 0 Å². The Hall–Kier alpha value is -4.11. The lowest BCUT2D eigenvalue weighted by molar-refractivity contribution is 0.103. The van der Waals surface area contributed by atoms with Gasteiger partial charge in [0.25, 0.3) is 0 Å². The molecule has 0 amide bonds. The van der Waals surface area contributed by atoms with Crippen LogP contribution in [0.4, 0.5) is 0 Å². The lowest BCUT2D eigenvalue weighted by Crippen LogP contribution is -2.12. The van der Waals surface area contributed by atoms with Gasteiger partial charge in [0.2, 0.25) is 0 Å². The average molecular weight is 388 g/mol. The molecule has 0 unspecified atom stereocenters. The van der Waals surface area contributed by atoms with Crippen LogP contribution in [0, 0.1) is 0 Å². The molecule has 0 heterocycles. The van der Waals surface area contributed by atoms with Crippen LogP contribution in [0.15, 0.2) is 125 Å². The minimum absolute atomic E-state index is 0.0399. The molecule has 0 aliphatic heterocycles. The van der Waals surface area contributed by atoms with E-state index >= 15 is 0 Å². The van der Waals surface area contributed by atoms with Gasteiger partial charge in [-0.1, -0.05) is 115 Å². The second kappa shape index (κ2) is 9.39. The summed E-state index contributed by atoms with van der Waals surface area (Å²) in [6.07, 6.45) is 1.71. The van der Waals surface area contributed by atoms with E-state index in [0.717, 1.165) is 16.7 Å². The van der Waals surface area contributed by atoms with Gasteiger partial charge >= 0.3 is 0 Å². The molecule has 4 aromatic carbocycles. The Morgan fingerprint density at radius 3 is 1.70 bits per heavy atom. The maximum absolute atomic E-state index is 13.2. The highest BCUT2D eigenvalue weighted by Gasteiger charge is 2.18. The summed E-state index contributed by atoms with van der Waals surface area (Å²) < 4.78 is 0. The van der Waals surface area contributed by atoms with Crippen LogP contribution in [0.1, 0.15) is 32.6 Å². The van der Waals surface area contributed by atoms with Crippen LogP contribution in [0.5, 0.6) is 0 Å². The Kier molecular flexibility index (Phi) is 6.02. The predicted molar refractivity (Wildman–Crippen MR) is 122 cm³/mol. The zero-order valence-electron chi connectivity index (χ0n) is 16.3. The topological polar surface area (TPSA) is 41.8 Å². The minimum atomic E-state index is -0.0399. The van der Waals surface area contributed by atoms with Gasteiger partial charge in [-0.15, -0.1) is 5.10 Å². The number of nitrogens with zero attached hydrogens (tertiary/aromatic N) is 2. The molecule has 30 heavy (non-hydrogen) atoms. The summed E-state index contributed by atoms with van der Waals surface area (Å²) in [7, 11) is 0. The predicted octanol–water partition coefficient (Wildman–Crippen LogP) is 5.79. The van der Waals surface area contributed by atoms with Gasteiger partial charge in [0.05, 0.1) is 6.21 Å². The molecule has 0 saturated carbocycles. The molecule has 0 aromatic heterocycles. The molecule has 0 aliphatic carbocycles. The van der Waals surface area contributed by atoms with Crippen LogP contribution >= 0.6 is 0 Å². The summed E-state index contributed by atoms with van der Waals surface area (Å²) in [6.45, 7) is 0. The number of hydrogen-bond acceptors (Lipinski definition) is 3. The molecule has 0 N–H and O–H groups in total. The van der Waals surface area contributed by atoms with Crippen LogP contribution in [0.25, 0.3) is 0 Å². The van der Waals surface area contributed by atoms with E-state index in [9.17, 15) is 4.79 Å². The first-order chi connectivity index (χ1) is 14.8. The fourth-order valence-electron chi connectivity index (χ4n) is 3.19. The summed E-state index contributed by atoms with van der Waals surface area (Å²) in [6, 6.07) is 36.4. The molecule has 0 saturated heterocycles. The first kappa shape index (κ1) is 19.2. The van der Waals surface area contributed by atoms with Crippen LogP contribution in [0.3, 0.4) is 0 Å². The van der Waals surface area contributed by atoms with Crippen molar-refractivity contribution in [1.29, 1.82) is 0 Å². The Bertz CT molecular complexity index is 1180. The quantitative estimate of drug-likeness (QED) is 0.234. The molecule has 144 valence electrons. The number of carbonyl (C=O) groups excluding carboxylic acids is 1. The molecule has 0 radical (unpaired) electrons. The first-order valence-electron chi connectivity index (χ1n) is 9.73. The van der Waals surface area contributed by atoms with Crippen molar-refractivity contribution < 1.29 is 4.79 Å². The third-order valence-corrected chi connectivity index (χ3v) is 4.67. The van der Waals surface area contributed by atoms with Crippen molar-refractivity contribution in [3.05, 3.63) is 143 Å². The van der Waals surface area contributed by atoms with E-state index in [1.54, 1.807) is 6.21 Å². The minimum Gasteiger partial charge on any atom is -0.289 e.